The predicted molar refractivity (Wildman–Crippen MR) is 111 cm³/mol. The molecule has 1 aromatic carbocycles. The molecule has 0 saturated heterocycles. The highest BCUT2D eigenvalue weighted by Gasteiger charge is 2.33. The minimum absolute atomic E-state index is 0.238. The molecule has 0 atom stereocenters. The van der Waals surface area contributed by atoms with Gasteiger partial charge in [0.15, 0.2) is 0 Å². The standard InChI is InChI=1S/C23H22N4O2/c1-15-5-4-6-18(11-15)14-26-22(28)21(25-23(26)29)13-19-12-16(2)27(17(19)3)20-7-9-24-10-8-20/h4-12H,13-14H2,1-3H3. The molecule has 0 N–H and O–H groups in total. The Labute approximate surface area is 169 Å². The Bertz CT molecular complexity index is 1130. The number of benzene rings is 1. The van der Waals surface area contributed by atoms with Crippen LogP contribution in [0, 0.1) is 20.8 Å². The number of hydrogen-bond donors (Lipinski definition) is 0. The molecule has 3 heterocycles. The van der Waals surface area contributed by atoms with Crippen LogP contribution >= 0.6 is 0 Å². The molecular formula is C23H22N4O2. The number of nitrogens with zero attached hydrogens (tertiary/aromatic N) is 4. The van der Waals surface area contributed by atoms with Gasteiger partial charge in [-0.2, -0.15) is 4.99 Å². The van der Waals surface area contributed by atoms with Crippen LogP contribution in [0.1, 0.15) is 28.1 Å². The quantitative estimate of drug-likeness (QED) is 0.667. The van der Waals surface area contributed by atoms with Gasteiger partial charge in [-0.05, 0) is 50.1 Å². The van der Waals surface area contributed by atoms with E-state index in [0.717, 1.165) is 33.8 Å². The van der Waals surface area contributed by atoms with E-state index in [9.17, 15) is 9.59 Å². The Hall–Kier alpha value is -3.54. The topological polar surface area (TPSA) is 67.6 Å². The van der Waals surface area contributed by atoms with Crippen molar-refractivity contribution in [1.29, 1.82) is 0 Å². The maximum absolute atomic E-state index is 12.8. The number of urea groups is 1. The SMILES string of the molecule is Cc1cccc(CN2C(=O)N=C(Cc3cc(C)n(-c4ccncc4)c3C)C2=O)c1. The lowest BCUT2D eigenvalue weighted by Crippen LogP contribution is -2.32. The zero-order chi connectivity index (χ0) is 20.5. The first kappa shape index (κ1) is 18.8. The fourth-order valence-electron chi connectivity index (χ4n) is 3.79. The first-order chi connectivity index (χ1) is 13.9. The van der Waals surface area contributed by atoms with Gasteiger partial charge in [-0.1, -0.05) is 29.8 Å². The van der Waals surface area contributed by atoms with Crippen molar-refractivity contribution in [3.05, 3.63) is 82.9 Å². The summed E-state index contributed by atoms with van der Waals surface area (Å²) in [6, 6.07) is 13.2. The molecule has 6 nitrogen and oxygen atoms in total. The van der Waals surface area contributed by atoms with Crippen molar-refractivity contribution < 1.29 is 9.59 Å². The lowest BCUT2D eigenvalue weighted by atomic mass is 10.1. The summed E-state index contributed by atoms with van der Waals surface area (Å²) in [6.07, 6.45) is 3.83. The molecule has 3 amide bonds. The van der Waals surface area contributed by atoms with Crippen LogP contribution in [0.3, 0.4) is 0 Å². The molecule has 0 bridgehead atoms. The molecule has 0 aliphatic carbocycles. The van der Waals surface area contributed by atoms with Gasteiger partial charge in [0.1, 0.15) is 5.71 Å². The zero-order valence-corrected chi connectivity index (χ0v) is 16.7. The Morgan fingerprint density at radius 3 is 2.45 bits per heavy atom. The molecule has 0 spiro atoms. The van der Waals surface area contributed by atoms with E-state index in [-0.39, 0.29) is 18.2 Å². The van der Waals surface area contributed by atoms with Crippen LogP contribution in [0.25, 0.3) is 5.69 Å². The van der Waals surface area contributed by atoms with Crippen molar-refractivity contribution >= 4 is 17.6 Å². The number of aliphatic imine (C=N–C) groups is 1. The molecule has 29 heavy (non-hydrogen) atoms. The number of carbonyl (C=O) groups excluding carboxylic acids is 2. The van der Waals surface area contributed by atoms with Crippen molar-refractivity contribution in [2.24, 2.45) is 4.99 Å². The molecule has 0 fully saturated rings. The predicted octanol–water partition coefficient (Wildman–Crippen LogP) is 3.94. The van der Waals surface area contributed by atoms with E-state index in [1.54, 1.807) is 12.4 Å². The summed E-state index contributed by atoms with van der Waals surface area (Å²) >= 11 is 0. The summed E-state index contributed by atoms with van der Waals surface area (Å²) in [5.41, 5.74) is 6.36. The Morgan fingerprint density at radius 1 is 0.966 bits per heavy atom. The second-order valence-corrected chi connectivity index (χ2v) is 7.34. The van der Waals surface area contributed by atoms with Crippen molar-refractivity contribution in [2.75, 3.05) is 0 Å². The van der Waals surface area contributed by atoms with Crippen LogP contribution in [-0.2, 0) is 17.8 Å². The smallest absolute Gasteiger partial charge is 0.318 e. The number of amides is 3. The number of aromatic nitrogens is 2. The van der Waals surface area contributed by atoms with Crippen LogP contribution in [0.4, 0.5) is 4.79 Å². The van der Waals surface area contributed by atoms with Crippen molar-refractivity contribution in [1.82, 2.24) is 14.5 Å². The minimum atomic E-state index is -0.491. The highest BCUT2D eigenvalue weighted by molar-refractivity contribution is 6.46. The Kier molecular flexibility index (Phi) is 4.84. The third-order valence-corrected chi connectivity index (χ3v) is 5.19. The van der Waals surface area contributed by atoms with Gasteiger partial charge in [-0.25, -0.2) is 4.79 Å². The van der Waals surface area contributed by atoms with Gasteiger partial charge in [0.2, 0.25) is 0 Å². The van der Waals surface area contributed by atoms with Crippen molar-refractivity contribution in [3.63, 3.8) is 0 Å². The third kappa shape index (κ3) is 3.61. The number of pyridine rings is 1. The summed E-state index contributed by atoms with van der Waals surface area (Å²) in [5, 5.41) is 0. The van der Waals surface area contributed by atoms with E-state index in [2.05, 4.69) is 14.5 Å². The van der Waals surface area contributed by atoms with E-state index >= 15 is 0 Å². The van der Waals surface area contributed by atoms with Gasteiger partial charge in [-0.15, -0.1) is 0 Å². The van der Waals surface area contributed by atoms with E-state index in [1.165, 1.54) is 4.90 Å². The van der Waals surface area contributed by atoms with Crippen LogP contribution < -0.4 is 0 Å². The number of aryl methyl sites for hydroxylation is 2. The second-order valence-electron chi connectivity index (χ2n) is 7.34. The molecule has 6 heteroatoms. The van der Waals surface area contributed by atoms with E-state index < -0.39 is 6.03 Å². The summed E-state index contributed by atoms with van der Waals surface area (Å²) in [7, 11) is 0. The van der Waals surface area contributed by atoms with E-state index in [1.807, 2.05) is 63.2 Å². The molecule has 2 aromatic heterocycles. The molecule has 4 rings (SSSR count). The van der Waals surface area contributed by atoms with Crippen molar-refractivity contribution in [3.8, 4) is 5.69 Å². The molecular weight excluding hydrogens is 364 g/mol. The third-order valence-electron chi connectivity index (χ3n) is 5.19. The lowest BCUT2D eigenvalue weighted by molar-refractivity contribution is -0.121. The number of hydrogen-bond acceptors (Lipinski definition) is 3. The minimum Gasteiger partial charge on any atom is -0.318 e. The average molecular weight is 386 g/mol. The fourth-order valence-corrected chi connectivity index (χ4v) is 3.79. The summed E-state index contributed by atoms with van der Waals surface area (Å²) in [4.78, 5) is 34.5. The first-order valence-corrected chi connectivity index (χ1v) is 9.51. The maximum atomic E-state index is 12.8. The highest BCUT2D eigenvalue weighted by Crippen LogP contribution is 2.23. The van der Waals surface area contributed by atoms with Gasteiger partial charge in [0.05, 0.1) is 6.54 Å². The molecule has 0 saturated carbocycles. The largest absolute Gasteiger partial charge is 0.351 e. The summed E-state index contributed by atoms with van der Waals surface area (Å²) in [6.45, 7) is 6.25. The average Bonchev–Trinajstić information content (AvgIpc) is 3.12. The molecule has 0 radical (unpaired) electrons. The summed E-state index contributed by atoms with van der Waals surface area (Å²) < 4.78 is 2.11. The van der Waals surface area contributed by atoms with Gasteiger partial charge >= 0.3 is 6.03 Å². The Morgan fingerprint density at radius 2 is 1.72 bits per heavy atom. The van der Waals surface area contributed by atoms with Gasteiger partial charge in [0.25, 0.3) is 5.91 Å². The highest BCUT2D eigenvalue weighted by atomic mass is 16.2. The van der Waals surface area contributed by atoms with Gasteiger partial charge < -0.3 is 4.57 Å². The fraction of sp³-hybridized carbons (Fsp3) is 0.217. The molecule has 1 aliphatic heterocycles. The molecule has 3 aromatic rings. The second kappa shape index (κ2) is 7.47. The lowest BCUT2D eigenvalue weighted by Gasteiger charge is -2.13. The van der Waals surface area contributed by atoms with Crippen LogP contribution in [0.5, 0.6) is 0 Å². The van der Waals surface area contributed by atoms with Gasteiger partial charge in [-0.3, -0.25) is 14.7 Å². The number of imide groups is 1. The molecule has 1 aliphatic rings. The van der Waals surface area contributed by atoms with E-state index in [0.29, 0.717) is 6.42 Å². The Balaban J connectivity index is 1.56. The van der Waals surface area contributed by atoms with Crippen LogP contribution in [-0.4, -0.2) is 32.1 Å². The maximum Gasteiger partial charge on any atom is 0.351 e. The number of rotatable bonds is 5. The van der Waals surface area contributed by atoms with Crippen molar-refractivity contribution in [2.45, 2.75) is 33.7 Å². The number of carbonyl (C=O) groups is 2. The van der Waals surface area contributed by atoms with Crippen LogP contribution in [0.2, 0.25) is 0 Å². The molecule has 0 unspecified atom stereocenters. The zero-order valence-electron chi connectivity index (χ0n) is 16.7. The monoisotopic (exact) mass is 386 g/mol. The molecule has 146 valence electrons. The van der Waals surface area contributed by atoms with E-state index in [4.69, 9.17) is 0 Å². The summed E-state index contributed by atoms with van der Waals surface area (Å²) in [5.74, 6) is -0.315. The van der Waals surface area contributed by atoms with Crippen LogP contribution in [0.15, 0.2) is 59.9 Å². The normalized spacial score (nSPS) is 13.9. The first-order valence-electron chi connectivity index (χ1n) is 9.51. The van der Waals surface area contributed by atoms with Gasteiger partial charge in [0, 0.05) is 35.9 Å².